The highest BCUT2D eigenvalue weighted by Gasteiger charge is 2.19. The Morgan fingerprint density at radius 1 is 1.25 bits per heavy atom. The van der Waals surface area contributed by atoms with Gasteiger partial charge in [0.1, 0.15) is 6.04 Å². The first-order valence-electron chi connectivity index (χ1n) is 6.49. The minimum Gasteiger partial charge on any atom is -0.480 e. The smallest absolute Gasteiger partial charge is 0.326 e. The zero-order valence-corrected chi connectivity index (χ0v) is 12.3. The third-order valence-electron chi connectivity index (χ3n) is 2.90. The first-order valence-corrected chi connectivity index (χ1v) is 6.87. The maximum atomic E-state index is 11.8. The van der Waals surface area contributed by atoms with Crippen molar-refractivity contribution in [1.82, 2.24) is 10.6 Å². The molecule has 0 aliphatic rings. The van der Waals surface area contributed by atoms with E-state index in [0.29, 0.717) is 17.9 Å². The summed E-state index contributed by atoms with van der Waals surface area (Å²) >= 11 is 5.80. The van der Waals surface area contributed by atoms with Gasteiger partial charge < -0.3 is 15.7 Å². The summed E-state index contributed by atoms with van der Waals surface area (Å²) in [5.74, 6) is -1.03. The predicted octanol–water partition coefficient (Wildman–Crippen LogP) is 2.95. The van der Waals surface area contributed by atoms with Crippen LogP contribution >= 0.6 is 11.6 Å². The van der Waals surface area contributed by atoms with Crippen molar-refractivity contribution in [1.29, 1.82) is 0 Å². The molecule has 0 saturated heterocycles. The van der Waals surface area contributed by atoms with Gasteiger partial charge in [0.2, 0.25) is 0 Å². The van der Waals surface area contributed by atoms with Gasteiger partial charge in [0.25, 0.3) is 0 Å². The van der Waals surface area contributed by atoms with Crippen LogP contribution in [0.15, 0.2) is 24.3 Å². The molecule has 0 aromatic heterocycles. The lowest BCUT2D eigenvalue weighted by Crippen LogP contribution is -2.46. The molecule has 2 amide bonds. The normalized spacial score (nSPS) is 13.3. The van der Waals surface area contributed by atoms with Crippen molar-refractivity contribution in [2.75, 3.05) is 0 Å². The lowest BCUT2D eigenvalue weighted by Gasteiger charge is -2.18. The number of carbonyl (C=O) groups excluding carboxylic acids is 1. The van der Waals surface area contributed by atoms with Gasteiger partial charge >= 0.3 is 12.0 Å². The number of urea groups is 1. The van der Waals surface area contributed by atoms with E-state index in [-0.39, 0.29) is 6.04 Å². The molecular weight excluding hydrogens is 280 g/mol. The first-order chi connectivity index (χ1) is 9.43. The molecule has 0 bridgehead atoms. The molecule has 0 saturated carbocycles. The van der Waals surface area contributed by atoms with Crippen molar-refractivity contribution < 1.29 is 14.7 Å². The van der Waals surface area contributed by atoms with Gasteiger partial charge in [0.15, 0.2) is 0 Å². The molecule has 0 heterocycles. The quantitative estimate of drug-likeness (QED) is 0.755. The van der Waals surface area contributed by atoms with Gasteiger partial charge in [-0.25, -0.2) is 9.59 Å². The van der Waals surface area contributed by atoms with Crippen LogP contribution < -0.4 is 10.6 Å². The molecule has 6 heteroatoms. The number of carboxylic acids is 1. The Morgan fingerprint density at radius 2 is 1.85 bits per heavy atom. The summed E-state index contributed by atoms with van der Waals surface area (Å²) in [6.07, 6.45) is 1.09. The second kappa shape index (κ2) is 7.75. The molecule has 0 spiro atoms. The molecule has 1 rings (SSSR count). The molecule has 20 heavy (non-hydrogen) atoms. The summed E-state index contributed by atoms with van der Waals surface area (Å²) < 4.78 is 0. The average molecular weight is 299 g/mol. The number of hydrogen-bond acceptors (Lipinski definition) is 2. The Bertz CT molecular complexity index is 462. The van der Waals surface area contributed by atoms with E-state index in [1.807, 2.05) is 26.0 Å². The van der Waals surface area contributed by atoms with Gasteiger partial charge in [-0.05, 0) is 31.0 Å². The van der Waals surface area contributed by atoms with E-state index in [4.69, 9.17) is 16.7 Å². The number of amides is 2. The van der Waals surface area contributed by atoms with Gasteiger partial charge in [-0.2, -0.15) is 0 Å². The number of nitrogens with one attached hydrogen (secondary N) is 2. The minimum atomic E-state index is -1.03. The minimum absolute atomic E-state index is 0.233. The van der Waals surface area contributed by atoms with Crippen LogP contribution in [-0.2, 0) is 4.79 Å². The molecule has 3 N–H and O–H groups in total. The number of benzene rings is 1. The molecule has 0 radical (unpaired) electrons. The zero-order chi connectivity index (χ0) is 15.1. The Hall–Kier alpha value is -1.75. The summed E-state index contributed by atoms with van der Waals surface area (Å²) in [6.45, 7) is 3.68. The van der Waals surface area contributed by atoms with Crippen molar-refractivity contribution in [2.45, 2.75) is 38.8 Å². The van der Waals surface area contributed by atoms with E-state index in [1.165, 1.54) is 0 Å². The fourth-order valence-electron chi connectivity index (χ4n) is 1.78. The SMILES string of the molecule is CCC[C@H](NC(=O)NC(C)c1ccc(Cl)cc1)C(=O)O. The summed E-state index contributed by atoms with van der Waals surface area (Å²) in [6, 6.07) is 5.52. The van der Waals surface area contributed by atoms with Crippen LogP contribution in [0.25, 0.3) is 0 Å². The van der Waals surface area contributed by atoms with Crippen LogP contribution in [-0.4, -0.2) is 23.1 Å². The van der Waals surface area contributed by atoms with Crippen LogP contribution in [0, 0.1) is 0 Å². The van der Waals surface area contributed by atoms with Gasteiger partial charge in [0, 0.05) is 5.02 Å². The van der Waals surface area contributed by atoms with Crippen molar-refractivity contribution >= 4 is 23.6 Å². The summed E-state index contributed by atoms with van der Waals surface area (Å²) in [5, 5.41) is 14.8. The molecule has 0 aliphatic carbocycles. The number of hydrogen-bond donors (Lipinski definition) is 3. The van der Waals surface area contributed by atoms with Gasteiger partial charge in [0.05, 0.1) is 6.04 Å². The molecule has 0 aliphatic heterocycles. The van der Waals surface area contributed by atoms with Gasteiger partial charge in [-0.15, -0.1) is 0 Å². The van der Waals surface area contributed by atoms with E-state index >= 15 is 0 Å². The Balaban J connectivity index is 2.56. The van der Waals surface area contributed by atoms with Crippen molar-refractivity contribution in [3.05, 3.63) is 34.9 Å². The Morgan fingerprint density at radius 3 is 2.35 bits per heavy atom. The van der Waals surface area contributed by atoms with Crippen LogP contribution in [0.4, 0.5) is 4.79 Å². The predicted molar refractivity (Wildman–Crippen MR) is 77.9 cm³/mol. The fraction of sp³-hybridized carbons (Fsp3) is 0.429. The van der Waals surface area contributed by atoms with Crippen molar-refractivity contribution in [3.63, 3.8) is 0 Å². The lowest BCUT2D eigenvalue weighted by atomic mass is 10.1. The number of halogens is 1. The molecule has 1 aromatic rings. The Kier molecular flexibility index (Phi) is 6.31. The Labute approximate surface area is 123 Å². The fourth-order valence-corrected chi connectivity index (χ4v) is 1.90. The van der Waals surface area contributed by atoms with Crippen molar-refractivity contribution in [2.24, 2.45) is 0 Å². The topological polar surface area (TPSA) is 78.4 Å². The van der Waals surface area contributed by atoms with Crippen LogP contribution in [0.1, 0.15) is 38.3 Å². The molecule has 0 fully saturated rings. The van der Waals surface area contributed by atoms with Crippen LogP contribution in [0.3, 0.4) is 0 Å². The molecule has 5 nitrogen and oxygen atoms in total. The maximum Gasteiger partial charge on any atom is 0.326 e. The third kappa shape index (κ3) is 5.09. The molecule has 1 unspecified atom stereocenters. The van der Waals surface area contributed by atoms with E-state index < -0.39 is 18.0 Å². The highest BCUT2D eigenvalue weighted by Crippen LogP contribution is 2.15. The molecular formula is C14H19ClN2O3. The number of rotatable bonds is 6. The second-order valence-corrected chi connectivity index (χ2v) is 5.01. The maximum absolute atomic E-state index is 11.8. The van der Waals surface area contributed by atoms with Gasteiger partial charge in [-0.1, -0.05) is 37.1 Å². The zero-order valence-electron chi connectivity index (χ0n) is 11.5. The number of carboxylic acid groups (broad SMARTS) is 1. The molecule has 1 aromatic carbocycles. The molecule has 110 valence electrons. The van der Waals surface area contributed by atoms with E-state index in [9.17, 15) is 9.59 Å². The van der Waals surface area contributed by atoms with Crippen LogP contribution in [0.2, 0.25) is 5.02 Å². The number of carbonyl (C=O) groups is 2. The average Bonchev–Trinajstić information content (AvgIpc) is 2.38. The summed E-state index contributed by atoms with van der Waals surface area (Å²) in [7, 11) is 0. The summed E-state index contributed by atoms with van der Waals surface area (Å²) in [5.41, 5.74) is 0.895. The van der Waals surface area contributed by atoms with E-state index in [1.54, 1.807) is 12.1 Å². The van der Waals surface area contributed by atoms with Gasteiger partial charge in [-0.3, -0.25) is 0 Å². The molecule has 2 atom stereocenters. The number of aliphatic carboxylic acids is 1. The first kappa shape index (κ1) is 16.3. The standard InChI is InChI=1S/C14H19ClN2O3/c1-3-4-12(13(18)19)17-14(20)16-9(2)10-5-7-11(15)8-6-10/h5-9,12H,3-4H2,1-2H3,(H,18,19)(H2,16,17,20)/t9?,12-/m0/s1. The lowest BCUT2D eigenvalue weighted by molar-refractivity contribution is -0.139. The van der Waals surface area contributed by atoms with E-state index in [2.05, 4.69) is 10.6 Å². The second-order valence-electron chi connectivity index (χ2n) is 4.57. The highest BCUT2D eigenvalue weighted by molar-refractivity contribution is 6.30. The highest BCUT2D eigenvalue weighted by atomic mass is 35.5. The van der Waals surface area contributed by atoms with Crippen LogP contribution in [0.5, 0.6) is 0 Å². The van der Waals surface area contributed by atoms with Crippen molar-refractivity contribution in [3.8, 4) is 0 Å². The largest absolute Gasteiger partial charge is 0.480 e. The third-order valence-corrected chi connectivity index (χ3v) is 3.15. The van der Waals surface area contributed by atoms with E-state index in [0.717, 1.165) is 5.56 Å². The monoisotopic (exact) mass is 298 g/mol. The summed E-state index contributed by atoms with van der Waals surface area (Å²) in [4.78, 5) is 22.7.